The second-order valence-corrected chi connectivity index (χ2v) is 12.4. The Balaban J connectivity index is 1.35. The molecule has 0 bridgehead atoms. The van der Waals surface area contributed by atoms with E-state index in [4.69, 9.17) is 9.84 Å². The van der Waals surface area contributed by atoms with Crippen molar-refractivity contribution in [3.8, 4) is 28.4 Å². The monoisotopic (exact) mass is 643 g/mol. The molecule has 236 valence electrons. The van der Waals surface area contributed by atoms with E-state index < -0.39 is 27.3 Å². The minimum atomic E-state index is -5.83. The molecule has 45 heavy (non-hydrogen) atoms. The quantitative estimate of drug-likeness (QED) is 0.108. The zero-order valence-corrected chi connectivity index (χ0v) is 25.1. The molecule has 5 rings (SSSR count). The second kappa shape index (κ2) is 12.4. The third-order valence-electron chi connectivity index (χ3n) is 7.53. The summed E-state index contributed by atoms with van der Waals surface area (Å²) in [5.41, 5.74) is 1.07. The minimum Gasteiger partial charge on any atom is -0.481 e. The molecule has 1 unspecified atom stereocenters. The standard InChI is InChI=1S/C33H29F4NO6S/c1-19-14-26(43-24-4-3-5-25(18-24)44-45(41,42)33(35,36)37)15-20(2)32(19)23-8-10-28(34)27(17-23)30-12-9-22-16-21(7-13-31(39)40)6-11-29(22)38-30/h3-6,8,10-11,14-18,30,38H,7,9,12-13H2,1-2H3,(H,39,40). The van der Waals surface area contributed by atoms with E-state index in [0.29, 0.717) is 30.6 Å². The van der Waals surface area contributed by atoms with Crippen molar-refractivity contribution in [3.05, 3.63) is 106 Å². The normalized spacial score (nSPS) is 14.8. The lowest BCUT2D eigenvalue weighted by atomic mass is 9.89. The number of hydrogen-bond acceptors (Lipinski definition) is 6. The van der Waals surface area contributed by atoms with Crippen LogP contribution in [-0.4, -0.2) is 25.0 Å². The first-order chi connectivity index (χ1) is 21.2. The summed E-state index contributed by atoms with van der Waals surface area (Å²) in [6, 6.07) is 18.8. The predicted octanol–water partition coefficient (Wildman–Crippen LogP) is 8.25. The molecule has 0 aromatic heterocycles. The molecule has 0 saturated carbocycles. The van der Waals surface area contributed by atoms with Gasteiger partial charge in [0.15, 0.2) is 0 Å². The molecule has 0 amide bonds. The van der Waals surface area contributed by atoms with Gasteiger partial charge in [0.2, 0.25) is 0 Å². The van der Waals surface area contributed by atoms with Crippen molar-refractivity contribution in [1.29, 1.82) is 0 Å². The topological polar surface area (TPSA) is 102 Å². The second-order valence-electron chi connectivity index (χ2n) is 10.8. The number of anilines is 1. The molecule has 12 heteroatoms. The molecule has 7 nitrogen and oxygen atoms in total. The zero-order chi connectivity index (χ0) is 32.5. The molecule has 0 fully saturated rings. The predicted molar refractivity (Wildman–Crippen MR) is 161 cm³/mol. The largest absolute Gasteiger partial charge is 0.534 e. The summed E-state index contributed by atoms with van der Waals surface area (Å²) in [5.74, 6) is -1.32. The van der Waals surface area contributed by atoms with Crippen molar-refractivity contribution in [2.45, 2.75) is 51.1 Å². The molecule has 1 aliphatic rings. The highest BCUT2D eigenvalue weighted by Crippen LogP contribution is 2.39. The molecule has 0 radical (unpaired) electrons. The molecule has 0 saturated heterocycles. The Hall–Kier alpha value is -4.58. The van der Waals surface area contributed by atoms with Gasteiger partial charge in [-0.05, 0) is 109 Å². The van der Waals surface area contributed by atoms with Gasteiger partial charge in [-0.3, -0.25) is 4.79 Å². The number of benzene rings is 4. The number of halogens is 4. The number of aliphatic carboxylic acids is 1. The fraction of sp³-hybridized carbons (Fsp3) is 0.242. The van der Waals surface area contributed by atoms with Crippen molar-refractivity contribution in [1.82, 2.24) is 0 Å². The van der Waals surface area contributed by atoms with Crippen LogP contribution in [-0.2, 0) is 27.8 Å². The molecule has 0 spiro atoms. The molecular formula is C33H29F4NO6S. The summed E-state index contributed by atoms with van der Waals surface area (Å²) < 4.78 is 86.1. The average Bonchev–Trinajstić information content (AvgIpc) is 2.95. The maximum atomic E-state index is 15.2. The summed E-state index contributed by atoms with van der Waals surface area (Å²) in [6.07, 6.45) is 1.85. The highest BCUT2D eigenvalue weighted by molar-refractivity contribution is 7.88. The van der Waals surface area contributed by atoms with Crippen LogP contribution in [0.4, 0.5) is 23.2 Å². The summed E-state index contributed by atoms with van der Waals surface area (Å²) in [5, 5.41) is 12.4. The van der Waals surface area contributed by atoms with Crippen molar-refractivity contribution < 1.29 is 44.8 Å². The van der Waals surface area contributed by atoms with Crippen molar-refractivity contribution in [3.63, 3.8) is 0 Å². The Morgan fingerprint density at radius 3 is 2.36 bits per heavy atom. The van der Waals surface area contributed by atoms with E-state index in [2.05, 4.69) is 9.50 Å². The fourth-order valence-corrected chi connectivity index (χ4v) is 5.95. The molecule has 4 aromatic carbocycles. The van der Waals surface area contributed by atoms with Gasteiger partial charge in [0, 0.05) is 23.7 Å². The molecule has 4 aromatic rings. The van der Waals surface area contributed by atoms with E-state index in [1.165, 1.54) is 18.2 Å². The van der Waals surface area contributed by atoms with Crippen LogP contribution < -0.4 is 14.2 Å². The van der Waals surface area contributed by atoms with Gasteiger partial charge in [0.25, 0.3) is 0 Å². The first-order valence-corrected chi connectivity index (χ1v) is 15.4. The van der Waals surface area contributed by atoms with Gasteiger partial charge in [-0.2, -0.15) is 21.6 Å². The summed E-state index contributed by atoms with van der Waals surface area (Å²) >= 11 is 0. The first kappa shape index (κ1) is 31.8. The number of ether oxygens (including phenoxy) is 1. The Kier molecular flexibility index (Phi) is 8.79. The lowest BCUT2D eigenvalue weighted by molar-refractivity contribution is -0.136. The molecule has 1 aliphatic heterocycles. The van der Waals surface area contributed by atoms with Gasteiger partial charge in [-0.15, -0.1) is 0 Å². The van der Waals surface area contributed by atoms with Crippen LogP contribution in [0.2, 0.25) is 0 Å². The SMILES string of the molecule is Cc1cc(Oc2cccc(OS(=O)(=O)C(F)(F)F)c2)cc(C)c1-c1ccc(F)c(C2CCc3cc(CCC(=O)O)ccc3N2)c1. The minimum absolute atomic E-state index is 0.0543. The highest BCUT2D eigenvalue weighted by Gasteiger charge is 2.48. The van der Waals surface area contributed by atoms with E-state index in [1.54, 1.807) is 18.2 Å². The number of fused-ring (bicyclic) bond motifs is 1. The zero-order valence-electron chi connectivity index (χ0n) is 24.2. The van der Waals surface area contributed by atoms with Crippen LogP contribution in [0.1, 0.15) is 46.7 Å². The number of carbonyl (C=O) groups is 1. The van der Waals surface area contributed by atoms with Crippen LogP contribution in [0.25, 0.3) is 11.1 Å². The van der Waals surface area contributed by atoms with E-state index >= 15 is 4.39 Å². The Labute approximate surface area is 257 Å². The third-order valence-corrected chi connectivity index (χ3v) is 8.50. The number of carboxylic acids is 1. The average molecular weight is 644 g/mol. The summed E-state index contributed by atoms with van der Waals surface area (Å²) in [6.45, 7) is 3.70. The number of rotatable bonds is 9. The maximum absolute atomic E-state index is 15.2. The smallest absolute Gasteiger partial charge is 0.481 e. The maximum Gasteiger partial charge on any atom is 0.534 e. The fourth-order valence-electron chi connectivity index (χ4n) is 5.50. The van der Waals surface area contributed by atoms with Crippen LogP contribution in [0.3, 0.4) is 0 Å². The van der Waals surface area contributed by atoms with E-state index in [0.717, 1.165) is 51.2 Å². The Bertz CT molecular complexity index is 1850. The number of nitrogens with one attached hydrogen (secondary N) is 1. The van der Waals surface area contributed by atoms with E-state index in [1.807, 2.05) is 38.1 Å². The Morgan fingerprint density at radius 1 is 0.956 bits per heavy atom. The highest BCUT2D eigenvalue weighted by atomic mass is 32.2. The lowest BCUT2D eigenvalue weighted by Crippen LogP contribution is -2.28. The van der Waals surface area contributed by atoms with Gasteiger partial charge in [0.1, 0.15) is 23.1 Å². The van der Waals surface area contributed by atoms with E-state index in [-0.39, 0.29) is 24.0 Å². The van der Waals surface area contributed by atoms with Crippen molar-refractivity contribution >= 4 is 21.8 Å². The van der Waals surface area contributed by atoms with Gasteiger partial charge in [0.05, 0.1) is 6.04 Å². The van der Waals surface area contributed by atoms with Gasteiger partial charge >= 0.3 is 21.6 Å². The third kappa shape index (κ3) is 7.22. The van der Waals surface area contributed by atoms with Crippen molar-refractivity contribution in [2.24, 2.45) is 0 Å². The molecule has 1 atom stereocenters. The van der Waals surface area contributed by atoms with Crippen LogP contribution >= 0.6 is 0 Å². The molecule has 0 aliphatic carbocycles. The Morgan fingerprint density at radius 2 is 1.67 bits per heavy atom. The summed E-state index contributed by atoms with van der Waals surface area (Å²) in [7, 11) is -5.83. The molecule has 1 heterocycles. The van der Waals surface area contributed by atoms with Crippen LogP contribution in [0.15, 0.2) is 72.8 Å². The van der Waals surface area contributed by atoms with Crippen LogP contribution in [0.5, 0.6) is 17.2 Å². The summed E-state index contributed by atoms with van der Waals surface area (Å²) in [4.78, 5) is 10.9. The number of carboxylic acid groups (broad SMARTS) is 1. The first-order valence-electron chi connectivity index (χ1n) is 14.0. The molecule has 2 N–H and O–H groups in total. The number of hydrogen-bond donors (Lipinski definition) is 2. The van der Waals surface area contributed by atoms with Gasteiger partial charge < -0.3 is 19.3 Å². The van der Waals surface area contributed by atoms with Crippen LogP contribution in [0, 0.1) is 19.7 Å². The lowest BCUT2D eigenvalue weighted by Gasteiger charge is -2.28. The van der Waals surface area contributed by atoms with Crippen molar-refractivity contribution in [2.75, 3.05) is 5.32 Å². The van der Waals surface area contributed by atoms with Gasteiger partial charge in [-0.1, -0.05) is 24.3 Å². The van der Waals surface area contributed by atoms with E-state index in [9.17, 15) is 26.4 Å². The van der Waals surface area contributed by atoms with Gasteiger partial charge in [-0.25, -0.2) is 4.39 Å². The number of aryl methyl sites for hydroxylation is 4. The molecular weight excluding hydrogens is 614 g/mol. The number of alkyl halides is 3.